The number of hydrogen-bond acceptors (Lipinski definition) is 4. The van der Waals surface area contributed by atoms with Crippen LogP contribution in [-0.2, 0) is 15.3 Å². The summed E-state index contributed by atoms with van der Waals surface area (Å²) >= 11 is 0. The molecule has 2 aromatic rings. The van der Waals surface area contributed by atoms with Crippen LogP contribution in [0.25, 0.3) is 16.7 Å². The molecule has 1 aliphatic heterocycles. The molecule has 2 heterocycles. The smallest absolute Gasteiger partial charge is 0.409 e. The number of nitrogens with two attached hydrogens (primary N) is 1. The molecule has 0 spiro atoms. The Balaban J connectivity index is 2.23. The summed E-state index contributed by atoms with van der Waals surface area (Å²) in [6.07, 6.45) is -0.867. The van der Waals surface area contributed by atoms with Gasteiger partial charge in [0.05, 0.1) is 11.2 Å². The average Bonchev–Trinajstić information content (AvgIpc) is 2.84. The Hall–Kier alpha value is -2.72. The minimum atomic E-state index is -0.867. The second kappa shape index (κ2) is 3.88. The highest BCUT2D eigenvalue weighted by Crippen LogP contribution is 2.40. The van der Waals surface area contributed by atoms with Crippen LogP contribution in [0.3, 0.4) is 0 Å². The van der Waals surface area contributed by atoms with Crippen LogP contribution in [0.5, 0.6) is 5.75 Å². The summed E-state index contributed by atoms with van der Waals surface area (Å²) in [5.41, 5.74) is 5.83. The van der Waals surface area contributed by atoms with Crippen LogP contribution in [0.2, 0.25) is 0 Å². The van der Waals surface area contributed by atoms with E-state index in [1.165, 1.54) is 0 Å². The summed E-state index contributed by atoms with van der Waals surface area (Å²) in [6.45, 7) is 3.71. The SMILES string of the molecule is CC1(C)OC(=C=O)c2cc3cc(OC(N)=O)ccc3n21. The van der Waals surface area contributed by atoms with Crippen molar-refractivity contribution >= 4 is 28.7 Å². The lowest BCUT2D eigenvalue weighted by molar-refractivity contribution is 0.0330. The van der Waals surface area contributed by atoms with E-state index in [9.17, 15) is 9.59 Å². The Morgan fingerprint density at radius 2 is 2.15 bits per heavy atom. The van der Waals surface area contributed by atoms with E-state index in [0.29, 0.717) is 11.4 Å². The van der Waals surface area contributed by atoms with Crippen LogP contribution in [0.1, 0.15) is 19.5 Å². The number of aromatic nitrogens is 1. The van der Waals surface area contributed by atoms with Gasteiger partial charge >= 0.3 is 6.09 Å². The van der Waals surface area contributed by atoms with Gasteiger partial charge < -0.3 is 15.2 Å². The number of ether oxygens (including phenoxy) is 2. The lowest BCUT2D eigenvalue weighted by atomic mass is 10.2. The molecule has 3 rings (SSSR count). The monoisotopic (exact) mass is 272 g/mol. The first-order valence-corrected chi connectivity index (χ1v) is 6.00. The van der Waals surface area contributed by atoms with Crippen molar-refractivity contribution in [2.24, 2.45) is 5.73 Å². The zero-order valence-corrected chi connectivity index (χ0v) is 11.0. The van der Waals surface area contributed by atoms with E-state index in [4.69, 9.17) is 15.2 Å². The highest BCUT2D eigenvalue weighted by molar-refractivity contribution is 5.93. The van der Waals surface area contributed by atoms with Crippen molar-refractivity contribution in [3.8, 4) is 5.75 Å². The summed E-state index contributed by atoms with van der Waals surface area (Å²) in [5.74, 6) is 2.32. The number of benzene rings is 1. The Morgan fingerprint density at radius 3 is 2.80 bits per heavy atom. The average molecular weight is 272 g/mol. The molecule has 0 fully saturated rings. The van der Waals surface area contributed by atoms with Crippen molar-refractivity contribution < 1.29 is 19.1 Å². The first-order valence-electron chi connectivity index (χ1n) is 6.00. The molecule has 0 bridgehead atoms. The lowest BCUT2D eigenvalue weighted by Gasteiger charge is -2.21. The number of primary amides is 1. The maximum Gasteiger partial charge on any atom is 0.409 e. The van der Waals surface area contributed by atoms with Crippen LogP contribution in [0, 0.1) is 0 Å². The number of carbonyl (C=O) groups excluding carboxylic acids is 2. The van der Waals surface area contributed by atoms with Gasteiger partial charge in [0.25, 0.3) is 0 Å². The van der Waals surface area contributed by atoms with Gasteiger partial charge in [0.1, 0.15) is 5.75 Å². The molecule has 6 nitrogen and oxygen atoms in total. The van der Waals surface area contributed by atoms with Crippen LogP contribution < -0.4 is 10.5 Å². The molecule has 1 aromatic heterocycles. The van der Waals surface area contributed by atoms with Crippen molar-refractivity contribution in [1.29, 1.82) is 0 Å². The van der Waals surface area contributed by atoms with E-state index >= 15 is 0 Å². The van der Waals surface area contributed by atoms with Gasteiger partial charge in [-0.25, -0.2) is 9.59 Å². The molecule has 0 atom stereocenters. The van der Waals surface area contributed by atoms with Gasteiger partial charge in [0.2, 0.25) is 5.76 Å². The minimum Gasteiger partial charge on any atom is -0.455 e. The van der Waals surface area contributed by atoms with Crippen LogP contribution >= 0.6 is 0 Å². The molecule has 1 amide bonds. The molecule has 0 aliphatic carbocycles. The molecule has 1 aromatic carbocycles. The minimum absolute atomic E-state index is 0.170. The third kappa shape index (κ3) is 1.66. The van der Waals surface area contributed by atoms with Gasteiger partial charge in [-0.3, -0.25) is 4.57 Å². The summed E-state index contributed by atoms with van der Waals surface area (Å²) in [7, 11) is 0. The Morgan fingerprint density at radius 1 is 1.40 bits per heavy atom. The summed E-state index contributed by atoms with van der Waals surface area (Å²) in [4.78, 5) is 21.7. The number of amides is 1. The Kier molecular flexibility index (Phi) is 2.39. The van der Waals surface area contributed by atoms with Crippen molar-refractivity contribution in [1.82, 2.24) is 4.57 Å². The molecule has 2 N–H and O–H groups in total. The van der Waals surface area contributed by atoms with E-state index in [-0.39, 0.29) is 5.76 Å². The first-order chi connectivity index (χ1) is 9.42. The molecule has 6 heteroatoms. The highest BCUT2D eigenvalue weighted by Gasteiger charge is 2.37. The number of rotatable bonds is 1. The van der Waals surface area contributed by atoms with E-state index in [0.717, 1.165) is 10.9 Å². The van der Waals surface area contributed by atoms with E-state index in [1.54, 1.807) is 30.2 Å². The van der Waals surface area contributed by atoms with Crippen LogP contribution in [-0.4, -0.2) is 16.6 Å². The number of carbonyl (C=O) groups is 1. The third-order valence-corrected chi connectivity index (χ3v) is 3.21. The highest BCUT2D eigenvalue weighted by atomic mass is 16.5. The van der Waals surface area contributed by atoms with Gasteiger partial charge in [-0.1, -0.05) is 0 Å². The van der Waals surface area contributed by atoms with Crippen molar-refractivity contribution in [2.45, 2.75) is 19.6 Å². The van der Waals surface area contributed by atoms with Crippen LogP contribution in [0.4, 0.5) is 4.79 Å². The normalized spacial score (nSPS) is 15.6. The zero-order valence-electron chi connectivity index (χ0n) is 11.0. The van der Waals surface area contributed by atoms with Gasteiger partial charge in [0.15, 0.2) is 11.7 Å². The van der Waals surface area contributed by atoms with Gasteiger partial charge in [0, 0.05) is 5.39 Å². The summed E-state index contributed by atoms with van der Waals surface area (Å²) in [6, 6.07) is 6.90. The van der Waals surface area contributed by atoms with Crippen LogP contribution in [0.15, 0.2) is 24.3 Å². The van der Waals surface area contributed by atoms with E-state index in [2.05, 4.69) is 0 Å². The predicted molar refractivity (Wildman–Crippen MR) is 71.7 cm³/mol. The molecule has 0 unspecified atom stereocenters. The van der Waals surface area contributed by atoms with E-state index < -0.39 is 11.8 Å². The van der Waals surface area contributed by atoms with Crippen molar-refractivity contribution in [2.75, 3.05) is 0 Å². The molecular formula is C14H12N2O4. The maximum absolute atomic E-state index is 11.0. The van der Waals surface area contributed by atoms with Gasteiger partial charge in [-0.2, -0.15) is 0 Å². The molecule has 0 radical (unpaired) electrons. The first kappa shape index (κ1) is 12.3. The molecule has 0 saturated carbocycles. The number of fused-ring (bicyclic) bond motifs is 3. The zero-order chi connectivity index (χ0) is 14.5. The summed E-state index contributed by atoms with van der Waals surface area (Å²) < 4.78 is 12.3. The second-order valence-electron chi connectivity index (χ2n) is 4.99. The standard InChI is InChI=1S/C14H12N2O4/c1-14(2)16-10-4-3-9(19-13(15)18)5-8(10)6-11(16)12(7-17)20-14/h3-6H,1-2H3,(H2,15,18). The van der Waals surface area contributed by atoms with E-state index in [1.807, 2.05) is 18.4 Å². The lowest BCUT2D eigenvalue weighted by Crippen LogP contribution is -2.23. The van der Waals surface area contributed by atoms with Crippen molar-refractivity contribution in [3.05, 3.63) is 30.0 Å². The molecule has 1 aliphatic rings. The van der Waals surface area contributed by atoms with Gasteiger partial charge in [-0.05, 0) is 38.1 Å². The molecular weight excluding hydrogens is 260 g/mol. The maximum atomic E-state index is 11.0. The Bertz CT molecular complexity index is 782. The molecule has 0 saturated heterocycles. The topological polar surface area (TPSA) is 83.6 Å². The fraction of sp³-hybridized carbons (Fsp3) is 0.214. The summed E-state index contributed by atoms with van der Waals surface area (Å²) in [5, 5.41) is 0.822. The number of hydrogen-bond donors (Lipinski definition) is 1. The fourth-order valence-corrected chi connectivity index (χ4v) is 2.54. The largest absolute Gasteiger partial charge is 0.455 e. The Labute approximate surface area is 114 Å². The third-order valence-electron chi connectivity index (χ3n) is 3.21. The predicted octanol–water partition coefficient (Wildman–Crippen LogP) is 1.99. The number of nitrogens with zero attached hydrogens (tertiary/aromatic N) is 1. The molecule has 102 valence electrons. The fourth-order valence-electron chi connectivity index (χ4n) is 2.54. The van der Waals surface area contributed by atoms with Gasteiger partial charge in [-0.15, -0.1) is 0 Å². The second-order valence-corrected chi connectivity index (χ2v) is 4.99. The van der Waals surface area contributed by atoms with Crippen molar-refractivity contribution in [3.63, 3.8) is 0 Å². The quantitative estimate of drug-likeness (QED) is 0.805. The molecule has 20 heavy (non-hydrogen) atoms.